The van der Waals surface area contributed by atoms with Crippen LogP contribution in [0, 0.1) is 0 Å². The van der Waals surface area contributed by atoms with Gasteiger partial charge in [0.05, 0.1) is 12.0 Å². The van der Waals surface area contributed by atoms with Crippen molar-refractivity contribution in [3.05, 3.63) is 54.8 Å². The van der Waals surface area contributed by atoms with E-state index in [2.05, 4.69) is 9.80 Å². The molecule has 2 aromatic heterocycles. The van der Waals surface area contributed by atoms with Crippen LogP contribution in [0.15, 0.2) is 59.2 Å². The predicted octanol–water partition coefficient (Wildman–Crippen LogP) is 3.70. The zero-order chi connectivity index (χ0) is 22.7. The molecule has 1 atom stereocenters. The lowest BCUT2D eigenvalue weighted by atomic mass is 10.1. The van der Waals surface area contributed by atoms with Crippen molar-refractivity contribution in [3.63, 3.8) is 0 Å². The Morgan fingerprint density at radius 3 is 2.69 bits per heavy atom. The van der Waals surface area contributed by atoms with Crippen LogP contribution in [-0.4, -0.2) is 72.6 Å². The Morgan fingerprint density at radius 2 is 1.97 bits per heavy atom. The number of benzene rings is 1. The van der Waals surface area contributed by atoms with Gasteiger partial charge in [0.15, 0.2) is 0 Å². The highest BCUT2D eigenvalue weighted by molar-refractivity contribution is 5.86. The standard InChI is InChI=1S/C25H30N4O3/c1-27(2)13-14-28(3)25(31)21-9-6-12-29(21)24-17-18(23-11-7-15-32-23)16-20(26-24)19-8-4-5-10-22(19)30/h4-5,7-8,10-11,15-17,21,30H,6,9,12-14H2,1-3H3/t21-/m0/s1. The number of amides is 1. The Bertz CT molecular complexity index is 1060. The van der Waals surface area contributed by atoms with E-state index in [4.69, 9.17) is 9.40 Å². The molecule has 0 saturated carbocycles. The number of para-hydroxylation sites is 1. The molecule has 1 fully saturated rings. The number of nitrogens with zero attached hydrogens (tertiary/aromatic N) is 4. The molecule has 0 bridgehead atoms. The summed E-state index contributed by atoms with van der Waals surface area (Å²) in [7, 11) is 5.87. The number of hydrogen-bond donors (Lipinski definition) is 1. The number of carbonyl (C=O) groups excluding carboxylic acids is 1. The smallest absolute Gasteiger partial charge is 0.245 e. The molecule has 0 aliphatic carbocycles. The van der Waals surface area contributed by atoms with Crippen molar-refractivity contribution in [3.8, 4) is 28.3 Å². The third-order valence-electron chi connectivity index (χ3n) is 5.89. The van der Waals surface area contributed by atoms with Gasteiger partial charge in [0.2, 0.25) is 5.91 Å². The van der Waals surface area contributed by atoms with Crippen LogP contribution in [0.2, 0.25) is 0 Å². The number of furan rings is 1. The van der Waals surface area contributed by atoms with Crippen LogP contribution >= 0.6 is 0 Å². The maximum Gasteiger partial charge on any atom is 0.245 e. The second kappa shape index (κ2) is 9.44. The number of aromatic hydroxyl groups is 1. The molecule has 32 heavy (non-hydrogen) atoms. The second-order valence-electron chi connectivity index (χ2n) is 8.51. The number of pyridine rings is 1. The molecule has 7 nitrogen and oxygen atoms in total. The molecular formula is C25H30N4O3. The molecule has 0 spiro atoms. The van der Waals surface area contributed by atoms with Gasteiger partial charge < -0.3 is 24.2 Å². The average molecular weight is 435 g/mol. The summed E-state index contributed by atoms with van der Waals surface area (Å²) in [4.78, 5) is 24.1. The summed E-state index contributed by atoms with van der Waals surface area (Å²) in [6.45, 7) is 2.25. The van der Waals surface area contributed by atoms with Crippen LogP contribution in [-0.2, 0) is 4.79 Å². The van der Waals surface area contributed by atoms with Crippen LogP contribution in [0.4, 0.5) is 5.82 Å². The van der Waals surface area contributed by atoms with Gasteiger partial charge in [-0.1, -0.05) is 12.1 Å². The van der Waals surface area contributed by atoms with Gasteiger partial charge in [-0.25, -0.2) is 4.98 Å². The van der Waals surface area contributed by atoms with E-state index < -0.39 is 0 Å². The lowest BCUT2D eigenvalue weighted by molar-refractivity contribution is -0.131. The second-order valence-corrected chi connectivity index (χ2v) is 8.51. The monoisotopic (exact) mass is 434 g/mol. The number of aromatic nitrogens is 1. The number of anilines is 1. The summed E-state index contributed by atoms with van der Waals surface area (Å²) in [6, 6.07) is 14.5. The predicted molar refractivity (Wildman–Crippen MR) is 126 cm³/mol. The maximum atomic E-state index is 13.2. The van der Waals surface area contributed by atoms with E-state index in [-0.39, 0.29) is 17.7 Å². The number of likely N-dealkylation sites (N-methyl/N-ethyl adjacent to an activating group) is 2. The molecule has 1 aromatic carbocycles. The van der Waals surface area contributed by atoms with E-state index in [0.29, 0.717) is 23.6 Å². The molecule has 3 heterocycles. The summed E-state index contributed by atoms with van der Waals surface area (Å²) < 4.78 is 5.64. The van der Waals surface area contributed by atoms with Crippen molar-refractivity contribution in [2.45, 2.75) is 18.9 Å². The Kier molecular flexibility index (Phi) is 6.46. The van der Waals surface area contributed by atoms with Crippen LogP contribution in [0.1, 0.15) is 12.8 Å². The number of phenols is 1. The van der Waals surface area contributed by atoms with E-state index in [1.807, 2.05) is 62.4 Å². The number of rotatable bonds is 7. The van der Waals surface area contributed by atoms with Crippen molar-refractivity contribution < 1.29 is 14.3 Å². The SMILES string of the molecule is CN(C)CCN(C)C(=O)[C@@H]1CCCN1c1cc(-c2ccco2)cc(-c2ccccc2O)n1. The largest absolute Gasteiger partial charge is 0.507 e. The first-order chi connectivity index (χ1) is 15.4. The molecule has 1 N–H and O–H groups in total. The van der Waals surface area contributed by atoms with Crippen LogP contribution < -0.4 is 4.90 Å². The Labute approximate surface area is 188 Å². The van der Waals surface area contributed by atoms with E-state index in [9.17, 15) is 9.90 Å². The van der Waals surface area contributed by atoms with Crippen LogP contribution in [0.3, 0.4) is 0 Å². The van der Waals surface area contributed by atoms with E-state index in [1.165, 1.54) is 0 Å². The fraction of sp³-hybridized carbons (Fsp3) is 0.360. The molecule has 168 valence electrons. The Hall–Kier alpha value is -3.32. The van der Waals surface area contributed by atoms with E-state index in [0.717, 1.165) is 37.3 Å². The van der Waals surface area contributed by atoms with Gasteiger partial charge in [-0.3, -0.25) is 4.79 Å². The first kappa shape index (κ1) is 21.9. The lowest BCUT2D eigenvalue weighted by Gasteiger charge is -2.30. The molecule has 3 aromatic rings. The molecule has 1 saturated heterocycles. The molecule has 0 unspecified atom stereocenters. The third-order valence-corrected chi connectivity index (χ3v) is 5.89. The van der Waals surface area contributed by atoms with Gasteiger partial charge in [-0.2, -0.15) is 0 Å². The Morgan fingerprint density at radius 1 is 1.16 bits per heavy atom. The summed E-state index contributed by atoms with van der Waals surface area (Å²) in [5.74, 6) is 1.71. The highest BCUT2D eigenvalue weighted by Gasteiger charge is 2.34. The molecule has 4 rings (SSSR count). The zero-order valence-corrected chi connectivity index (χ0v) is 18.9. The maximum absolute atomic E-state index is 13.2. The Balaban J connectivity index is 1.70. The molecule has 1 aliphatic rings. The normalized spacial score (nSPS) is 16.0. The van der Waals surface area contributed by atoms with Gasteiger partial charge in [0.1, 0.15) is 23.4 Å². The molecule has 1 amide bonds. The molecule has 7 heteroatoms. The van der Waals surface area contributed by atoms with Crippen molar-refractivity contribution in [2.24, 2.45) is 0 Å². The molecule has 0 radical (unpaired) electrons. The van der Waals surface area contributed by atoms with Crippen molar-refractivity contribution in [2.75, 3.05) is 45.7 Å². The average Bonchev–Trinajstić information content (AvgIpc) is 3.49. The van der Waals surface area contributed by atoms with Crippen molar-refractivity contribution >= 4 is 11.7 Å². The minimum Gasteiger partial charge on any atom is -0.507 e. The van der Waals surface area contributed by atoms with Crippen molar-refractivity contribution in [1.29, 1.82) is 0 Å². The van der Waals surface area contributed by atoms with E-state index >= 15 is 0 Å². The van der Waals surface area contributed by atoms with E-state index in [1.54, 1.807) is 18.4 Å². The lowest BCUT2D eigenvalue weighted by Crippen LogP contribution is -2.46. The third kappa shape index (κ3) is 4.62. The van der Waals surface area contributed by atoms with Crippen molar-refractivity contribution in [1.82, 2.24) is 14.8 Å². The van der Waals surface area contributed by atoms with Crippen LogP contribution in [0.5, 0.6) is 5.75 Å². The fourth-order valence-electron chi connectivity index (χ4n) is 4.09. The summed E-state index contributed by atoms with van der Waals surface area (Å²) >= 11 is 0. The molecular weight excluding hydrogens is 404 g/mol. The quantitative estimate of drug-likeness (QED) is 0.611. The first-order valence-electron chi connectivity index (χ1n) is 10.9. The summed E-state index contributed by atoms with van der Waals surface area (Å²) in [6.07, 6.45) is 3.36. The van der Waals surface area contributed by atoms with Gasteiger partial charge >= 0.3 is 0 Å². The van der Waals surface area contributed by atoms with Gasteiger partial charge in [-0.05, 0) is 63.3 Å². The number of hydrogen-bond acceptors (Lipinski definition) is 6. The van der Waals surface area contributed by atoms with Gasteiger partial charge in [-0.15, -0.1) is 0 Å². The number of phenolic OH excluding ortho intramolecular Hbond substituents is 1. The number of carbonyl (C=O) groups is 1. The molecule has 1 aliphatic heterocycles. The van der Waals surface area contributed by atoms with Gasteiger partial charge in [0, 0.05) is 37.8 Å². The highest BCUT2D eigenvalue weighted by Crippen LogP contribution is 2.35. The summed E-state index contributed by atoms with van der Waals surface area (Å²) in [5.41, 5.74) is 2.15. The zero-order valence-electron chi connectivity index (χ0n) is 18.9. The minimum absolute atomic E-state index is 0.110. The highest BCUT2D eigenvalue weighted by atomic mass is 16.3. The minimum atomic E-state index is -0.251. The first-order valence-corrected chi connectivity index (χ1v) is 10.9. The van der Waals surface area contributed by atoms with Gasteiger partial charge in [0.25, 0.3) is 0 Å². The summed E-state index contributed by atoms with van der Waals surface area (Å²) in [5, 5.41) is 10.4. The topological polar surface area (TPSA) is 73.0 Å². The van der Waals surface area contributed by atoms with Crippen LogP contribution in [0.25, 0.3) is 22.6 Å². The fourth-order valence-corrected chi connectivity index (χ4v) is 4.09.